The van der Waals surface area contributed by atoms with E-state index in [0.29, 0.717) is 13.0 Å². The first kappa shape index (κ1) is 11.9. The molecule has 5 heteroatoms. The number of carbonyl (C=O) groups is 2. The molecule has 0 atom stereocenters. The van der Waals surface area contributed by atoms with Gasteiger partial charge >= 0.3 is 5.97 Å². The fraction of sp³-hybridized carbons (Fsp3) is 0.750. The van der Waals surface area contributed by atoms with Crippen LogP contribution in [-0.4, -0.2) is 29.1 Å². The molecule has 0 bridgehead atoms. The van der Waals surface area contributed by atoms with Gasteiger partial charge in [-0.3, -0.25) is 9.59 Å². The lowest BCUT2D eigenvalue weighted by Gasteiger charge is -2.17. The van der Waals surface area contributed by atoms with Crippen LogP contribution in [0.25, 0.3) is 0 Å². The van der Waals surface area contributed by atoms with E-state index >= 15 is 0 Å². The zero-order valence-corrected chi connectivity index (χ0v) is 7.96. The molecule has 0 aromatic rings. The molecule has 4 N–H and O–H groups in total. The van der Waals surface area contributed by atoms with Crippen molar-refractivity contribution in [2.45, 2.75) is 32.2 Å². The quantitative estimate of drug-likeness (QED) is 0.517. The molecule has 0 spiro atoms. The summed E-state index contributed by atoms with van der Waals surface area (Å²) < 4.78 is 0. The minimum Gasteiger partial charge on any atom is -0.481 e. The number of carbonyl (C=O) groups excluding carboxylic acids is 1. The summed E-state index contributed by atoms with van der Waals surface area (Å²) in [6.07, 6.45) is 0.489. The summed E-state index contributed by atoms with van der Waals surface area (Å²) in [6.45, 7) is 3.55. The topological polar surface area (TPSA) is 92.4 Å². The molecule has 0 unspecified atom stereocenters. The number of carboxylic acid groups (broad SMARTS) is 1. The lowest BCUT2D eigenvalue weighted by atomic mass is 10.1. The van der Waals surface area contributed by atoms with Gasteiger partial charge in [0.1, 0.15) is 0 Å². The average molecular weight is 188 g/mol. The Labute approximate surface area is 77.3 Å². The normalized spacial score (nSPS) is 11.0. The van der Waals surface area contributed by atoms with Gasteiger partial charge in [-0.05, 0) is 20.3 Å². The van der Waals surface area contributed by atoms with Crippen molar-refractivity contribution in [1.29, 1.82) is 0 Å². The standard InChI is InChI=1S/C8H16N2O3/c1-8(2,9)7(13)10-5-3-4-6(11)12/h3-5,9H2,1-2H3,(H,10,13)(H,11,12). The second-order valence-electron chi connectivity index (χ2n) is 3.47. The number of carboxylic acids is 1. The second kappa shape index (κ2) is 4.81. The minimum atomic E-state index is -0.900. The molecule has 0 aliphatic carbocycles. The molecule has 0 aliphatic rings. The predicted molar refractivity (Wildman–Crippen MR) is 48.1 cm³/mol. The van der Waals surface area contributed by atoms with E-state index in [9.17, 15) is 9.59 Å². The van der Waals surface area contributed by atoms with Crippen molar-refractivity contribution in [3.05, 3.63) is 0 Å². The second-order valence-corrected chi connectivity index (χ2v) is 3.47. The van der Waals surface area contributed by atoms with Crippen molar-refractivity contribution in [3.8, 4) is 0 Å². The Bertz CT molecular complexity index is 196. The summed E-state index contributed by atoms with van der Waals surface area (Å²) in [6, 6.07) is 0. The number of nitrogens with two attached hydrogens (primary N) is 1. The van der Waals surface area contributed by atoms with E-state index < -0.39 is 11.5 Å². The zero-order chi connectivity index (χ0) is 10.5. The number of aliphatic carboxylic acids is 1. The van der Waals surface area contributed by atoms with E-state index in [1.165, 1.54) is 0 Å². The van der Waals surface area contributed by atoms with Crippen molar-refractivity contribution in [3.63, 3.8) is 0 Å². The predicted octanol–water partition coefficient (Wildman–Crippen LogP) is -0.295. The first-order valence-corrected chi connectivity index (χ1v) is 4.13. The van der Waals surface area contributed by atoms with Crippen LogP contribution < -0.4 is 11.1 Å². The van der Waals surface area contributed by atoms with E-state index in [1.807, 2.05) is 0 Å². The van der Waals surface area contributed by atoms with Crippen molar-refractivity contribution in [2.24, 2.45) is 5.73 Å². The number of hydrogen-bond acceptors (Lipinski definition) is 3. The van der Waals surface area contributed by atoms with Gasteiger partial charge < -0.3 is 16.2 Å². The Hall–Kier alpha value is -1.10. The van der Waals surface area contributed by atoms with E-state index in [2.05, 4.69) is 5.32 Å². The molecular formula is C8H16N2O3. The average Bonchev–Trinajstić information content (AvgIpc) is 1.95. The fourth-order valence-electron chi connectivity index (χ4n) is 0.669. The van der Waals surface area contributed by atoms with Gasteiger partial charge in [0.15, 0.2) is 0 Å². The van der Waals surface area contributed by atoms with Crippen molar-refractivity contribution in [1.82, 2.24) is 5.32 Å². The smallest absolute Gasteiger partial charge is 0.303 e. The van der Waals surface area contributed by atoms with Gasteiger partial charge in [0.25, 0.3) is 0 Å². The summed E-state index contributed by atoms with van der Waals surface area (Å²) in [4.78, 5) is 21.2. The van der Waals surface area contributed by atoms with Crippen LogP contribution in [-0.2, 0) is 9.59 Å². The molecule has 1 amide bonds. The highest BCUT2D eigenvalue weighted by Gasteiger charge is 2.20. The number of amides is 1. The van der Waals surface area contributed by atoms with Gasteiger partial charge in [-0.25, -0.2) is 0 Å². The molecule has 0 aliphatic heterocycles. The summed E-state index contributed by atoms with van der Waals surface area (Å²) >= 11 is 0. The van der Waals surface area contributed by atoms with Gasteiger partial charge in [-0.15, -0.1) is 0 Å². The van der Waals surface area contributed by atoms with Gasteiger partial charge in [-0.2, -0.15) is 0 Å². The molecule has 0 aromatic heterocycles. The molecule has 5 nitrogen and oxygen atoms in total. The van der Waals surface area contributed by atoms with Crippen LogP contribution in [0.3, 0.4) is 0 Å². The van der Waals surface area contributed by atoms with Crippen LogP contribution in [0.2, 0.25) is 0 Å². The zero-order valence-electron chi connectivity index (χ0n) is 7.96. The molecular weight excluding hydrogens is 172 g/mol. The Morgan fingerprint density at radius 2 is 2.00 bits per heavy atom. The maximum atomic E-state index is 11.1. The van der Waals surface area contributed by atoms with Crippen molar-refractivity contribution >= 4 is 11.9 Å². The highest BCUT2D eigenvalue weighted by atomic mass is 16.4. The molecule has 76 valence electrons. The molecule has 0 saturated heterocycles. The maximum Gasteiger partial charge on any atom is 0.303 e. The Morgan fingerprint density at radius 1 is 1.46 bits per heavy atom. The monoisotopic (exact) mass is 188 g/mol. The Kier molecular flexibility index (Phi) is 4.40. The summed E-state index contributed by atoms with van der Waals surface area (Å²) in [5, 5.41) is 10.9. The number of nitrogens with one attached hydrogen (secondary N) is 1. The number of rotatable bonds is 5. The lowest BCUT2D eigenvalue weighted by molar-refractivity contribution is -0.137. The summed E-state index contributed by atoms with van der Waals surface area (Å²) in [5.41, 5.74) is 4.59. The van der Waals surface area contributed by atoms with E-state index in [0.717, 1.165) is 0 Å². The molecule has 0 fully saturated rings. The highest BCUT2D eigenvalue weighted by Crippen LogP contribution is 1.95. The first-order valence-electron chi connectivity index (χ1n) is 4.13. The van der Waals surface area contributed by atoms with Gasteiger partial charge in [0, 0.05) is 13.0 Å². The largest absolute Gasteiger partial charge is 0.481 e. The van der Waals surface area contributed by atoms with E-state index in [-0.39, 0.29) is 12.3 Å². The fourth-order valence-corrected chi connectivity index (χ4v) is 0.669. The molecule has 0 radical (unpaired) electrons. The SMILES string of the molecule is CC(C)(N)C(=O)NCCCC(=O)O. The molecule has 0 rings (SSSR count). The van der Waals surface area contributed by atoms with Crippen LogP contribution in [0.1, 0.15) is 26.7 Å². The van der Waals surface area contributed by atoms with Crippen LogP contribution >= 0.6 is 0 Å². The molecule has 0 saturated carbocycles. The highest BCUT2D eigenvalue weighted by molar-refractivity contribution is 5.85. The van der Waals surface area contributed by atoms with Crippen molar-refractivity contribution in [2.75, 3.05) is 6.54 Å². The third-order valence-corrected chi connectivity index (χ3v) is 1.44. The molecule has 0 heterocycles. The van der Waals surface area contributed by atoms with Gasteiger partial charge in [0.2, 0.25) is 5.91 Å². The van der Waals surface area contributed by atoms with Crippen molar-refractivity contribution < 1.29 is 14.7 Å². The van der Waals surface area contributed by atoms with Crippen LogP contribution in [0.4, 0.5) is 0 Å². The Balaban J connectivity index is 3.55. The van der Waals surface area contributed by atoms with Crippen LogP contribution in [0.15, 0.2) is 0 Å². The molecule has 0 aromatic carbocycles. The lowest BCUT2D eigenvalue weighted by Crippen LogP contribution is -2.49. The van der Waals surface area contributed by atoms with Gasteiger partial charge in [0.05, 0.1) is 5.54 Å². The third kappa shape index (κ3) is 6.10. The first-order chi connectivity index (χ1) is 5.84. The molecule has 13 heavy (non-hydrogen) atoms. The maximum absolute atomic E-state index is 11.1. The summed E-state index contributed by atoms with van der Waals surface area (Å²) in [7, 11) is 0. The van der Waals surface area contributed by atoms with Gasteiger partial charge in [-0.1, -0.05) is 0 Å². The minimum absolute atomic E-state index is 0.0608. The van der Waals surface area contributed by atoms with Crippen LogP contribution in [0, 0.1) is 0 Å². The third-order valence-electron chi connectivity index (χ3n) is 1.44. The van der Waals surface area contributed by atoms with Crippen LogP contribution in [0.5, 0.6) is 0 Å². The Morgan fingerprint density at radius 3 is 2.38 bits per heavy atom. The van der Waals surface area contributed by atoms with E-state index in [4.69, 9.17) is 10.8 Å². The van der Waals surface area contributed by atoms with E-state index in [1.54, 1.807) is 13.8 Å². The summed E-state index contributed by atoms with van der Waals surface area (Å²) in [5.74, 6) is -1.13. The number of hydrogen-bond donors (Lipinski definition) is 3.